The van der Waals surface area contributed by atoms with Crippen LogP contribution < -0.4 is 11.2 Å². The first-order valence-electron chi connectivity index (χ1n) is 11.3. The van der Waals surface area contributed by atoms with E-state index in [0.717, 1.165) is 22.2 Å². The van der Waals surface area contributed by atoms with Gasteiger partial charge in [-0.1, -0.05) is 60.3 Å². The summed E-state index contributed by atoms with van der Waals surface area (Å²) in [5.41, 5.74) is 2.31. The lowest BCUT2D eigenvalue weighted by Gasteiger charge is -2.11. The molecule has 2 aromatic carbocycles. The normalized spacial score (nSPS) is 11.4. The lowest BCUT2D eigenvalue weighted by atomic mass is 10.1. The molecule has 0 unspecified atom stereocenters. The van der Waals surface area contributed by atoms with Crippen molar-refractivity contribution in [2.75, 3.05) is 5.75 Å². The summed E-state index contributed by atoms with van der Waals surface area (Å²) in [6.45, 7) is 0.315. The molecule has 0 saturated carbocycles. The summed E-state index contributed by atoms with van der Waals surface area (Å²) < 4.78 is 6.43. The van der Waals surface area contributed by atoms with E-state index < -0.39 is 0 Å². The minimum Gasteiger partial charge on any atom is -0.328 e. The quantitative estimate of drug-likeness (QED) is 0.247. The molecule has 5 rings (SSSR count). The van der Waals surface area contributed by atoms with Crippen molar-refractivity contribution in [3.63, 3.8) is 0 Å². The van der Waals surface area contributed by atoms with Gasteiger partial charge in [0.2, 0.25) is 0 Å². The molecule has 5 aromatic rings. The Hall–Kier alpha value is -3.92. The van der Waals surface area contributed by atoms with Crippen molar-refractivity contribution in [1.29, 1.82) is 0 Å². The van der Waals surface area contributed by atoms with Crippen LogP contribution in [0.15, 0.2) is 81.7 Å². The van der Waals surface area contributed by atoms with E-state index in [2.05, 4.69) is 31.9 Å². The van der Waals surface area contributed by atoms with Crippen molar-refractivity contribution < 1.29 is 0 Å². The van der Waals surface area contributed by atoms with Gasteiger partial charge in [-0.2, -0.15) is 0 Å². The molecule has 9 nitrogen and oxygen atoms in total. The van der Waals surface area contributed by atoms with Gasteiger partial charge in [-0.05, 0) is 24.1 Å². The summed E-state index contributed by atoms with van der Waals surface area (Å²) in [4.78, 5) is 29.8. The first-order chi connectivity index (χ1) is 17.0. The molecule has 0 saturated heterocycles. The van der Waals surface area contributed by atoms with E-state index in [1.807, 2.05) is 48.5 Å². The number of fused-ring (bicyclic) bond motifs is 1. The highest BCUT2D eigenvalue weighted by Gasteiger charge is 2.17. The van der Waals surface area contributed by atoms with Gasteiger partial charge in [0.1, 0.15) is 5.82 Å². The molecule has 178 valence electrons. The number of thioether (sulfide) groups is 1. The van der Waals surface area contributed by atoms with E-state index in [0.29, 0.717) is 36.3 Å². The fraction of sp³-hybridized carbons (Fsp3) is 0.240. The Morgan fingerprint density at radius 3 is 2.37 bits per heavy atom. The van der Waals surface area contributed by atoms with Crippen LogP contribution in [0.25, 0.3) is 16.9 Å². The maximum atomic E-state index is 12.9. The summed E-state index contributed by atoms with van der Waals surface area (Å²) >= 11 is 1.56. The van der Waals surface area contributed by atoms with E-state index in [1.54, 1.807) is 36.8 Å². The summed E-state index contributed by atoms with van der Waals surface area (Å²) in [5.74, 6) is 1.53. The maximum Gasteiger partial charge on any atom is 0.332 e. The average Bonchev–Trinajstić information content (AvgIpc) is 3.46. The Bertz CT molecular complexity index is 1580. The SMILES string of the molecule is Cn1cnc2c1c(=O)n(CCCSc1nnc(Cc3ccccc3)n1-c1ccccc1)c(=O)n2C. The summed E-state index contributed by atoms with van der Waals surface area (Å²) in [7, 11) is 3.39. The summed E-state index contributed by atoms with van der Waals surface area (Å²) in [5, 5.41) is 9.72. The van der Waals surface area contributed by atoms with Gasteiger partial charge in [0, 0.05) is 38.5 Å². The Morgan fingerprint density at radius 2 is 1.63 bits per heavy atom. The monoisotopic (exact) mass is 487 g/mol. The zero-order valence-corrected chi connectivity index (χ0v) is 20.4. The van der Waals surface area contributed by atoms with E-state index in [4.69, 9.17) is 0 Å². The van der Waals surface area contributed by atoms with Gasteiger partial charge in [-0.15, -0.1) is 10.2 Å². The molecule has 35 heavy (non-hydrogen) atoms. The fourth-order valence-electron chi connectivity index (χ4n) is 4.10. The van der Waals surface area contributed by atoms with Gasteiger partial charge in [-0.25, -0.2) is 9.78 Å². The molecule has 0 radical (unpaired) electrons. The number of hydrogen-bond acceptors (Lipinski definition) is 6. The maximum absolute atomic E-state index is 12.9. The highest BCUT2D eigenvalue weighted by molar-refractivity contribution is 7.99. The molecule has 3 aromatic heterocycles. The van der Waals surface area contributed by atoms with Gasteiger partial charge in [-0.3, -0.25) is 18.5 Å². The Kier molecular flexibility index (Phi) is 6.37. The van der Waals surface area contributed by atoms with Crippen molar-refractivity contribution in [2.45, 2.75) is 24.5 Å². The third-order valence-corrected chi connectivity index (χ3v) is 6.89. The fourth-order valence-corrected chi connectivity index (χ4v) is 5.00. The number of benzene rings is 2. The Labute approximate surface area is 205 Å². The predicted molar refractivity (Wildman–Crippen MR) is 136 cm³/mol. The minimum absolute atomic E-state index is 0.314. The van der Waals surface area contributed by atoms with Crippen LogP contribution in [-0.2, 0) is 27.1 Å². The van der Waals surface area contributed by atoms with Crippen molar-refractivity contribution in [2.24, 2.45) is 14.1 Å². The van der Waals surface area contributed by atoms with Crippen LogP contribution in [0.1, 0.15) is 17.8 Å². The second-order valence-electron chi connectivity index (χ2n) is 8.26. The van der Waals surface area contributed by atoms with E-state index in [1.165, 1.54) is 9.13 Å². The zero-order chi connectivity index (χ0) is 24.4. The number of rotatable bonds is 8. The zero-order valence-electron chi connectivity index (χ0n) is 19.5. The second kappa shape index (κ2) is 9.75. The number of nitrogens with zero attached hydrogens (tertiary/aromatic N) is 7. The van der Waals surface area contributed by atoms with Crippen molar-refractivity contribution in [3.8, 4) is 5.69 Å². The van der Waals surface area contributed by atoms with E-state index >= 15 is 0 Å². The number of aryl methyl sites for hydroxylation is 2. The van der Waals surface area contributed by atoms with Crippen LogP contribution in [0.3, 0.4) is 0 Å². The highest BCUT2D eigenvalue weighted by atomic mass is 32.2. The van der Waals surface area contributed by atoms with Gasteiger partial charge in [0.25, 0.3) is 5.56 Å². The van der Waals surface area contributed by atoms with Crippen molar-refractivity contribution >= 4 is 22.9 Å². The van der Waals surface area contributed by atoms with Crippen LogP contribution in [0.5, 0.6) is 0 Å². The van der Waals surface area contributed by atoms with Crippen LogP contribution >= 0.6 is 11.8 Å². The van der Waals surface area contributed by atoms with Crippen molar-refractivity contribution in [1.82, 2.24) is 33.4 Å². The lowest BCUT2D eigenvalue weighted by molar-refractivity contribution is 0.594. The molecule has 0 atom stereocenters. The molecule has 0 aliphatic heterocycles. The van der Waals surface area contributed by atoms with Gasteiger partial charge in [0.05, 0.1) is 6.33 Å². The van der Waals surface area contributed by atoms with E-state index in [9.17, 15) is 9.59 Å². The van der Waals surface area contributed by atoms with Gasteiger partial charge >= 0.3 is 5.69 Å². The van der Waals surface area contributed by atoms with Crippen LogP contribution in [0.4, 0.5) is 0 Å². The molecular weight excluding hydrogens is 462 g/mol. The molecule has 3 heterocycles. The van der Waals surface area contributed by atoms with Crippen LogP contribution in [0, 0.1) is 0 Å². The molecule has 0 fully saturated rings. The Morgan fingerprint density at radius 1 is 0.914 bits per heavy atom. The number of imidazole rings is 1. The summed E-state index contributed by atoms with van der Waals surface area (Å²) in [6.07, 6.45) is 2.84. The number of para-hydroxylation sites is 1. The average molecular weight is 488 g/mol. The first kappa shape index (κ1) is 22.9. The molecule has 0 bridgehead atoms. The van der Waals surface area contributed by atoms with Crippen LogP contribution in [-0.4, -0.2) is 39.2 Å². The Balaban J connectivity index is 1.36. The standard InChI is InChI=1S/C25H25N7O2S/c1-29-17-26-22-21(29)23(33)31(25(34)30(22)2)14-9-15-35-24-28-27-20(16-18-10-5-3-6-11-18)32(24)19-12-7-4-8-13-19/h3-8,10-13,17H,9,14-16H2,1-2H3. The molecule has 0 aliphatic carbocycles. The predicted octanol–water partition coefficient (Wildman–Crippen LogP) is 2.79. The van der Waals surface area contributed by atoms with Gasteiger partial charge in [0.15, 0.2) is 16.3 Å². The third-order valence-electron chi connectivity index (χ3n) is 5.88. The lowest BCUT2D eigenvalue weighted by Crippen LogP contribution is -2.39. The molecule has 0 N–H and O–H groups in total. The number of hydrogen-bond donors (Lipinski definition) is 0. The second-order valence-corrected chi connectivity index (χ2v) is 9.32. The molecule has 0 aliphatic rings. The van der Waals surface area contributed by atoms with E-state index in [-0.39, 0.29) is 11.2 Å². The van der Waals surface area contributed by atoms with Gasteiger partial charge < -0.3 is 4.57 Å². The van der Waals surface area contributed by atoms with Crippen LogP contribution in [0.2, 0.25) is 0 Å². The smallest absolute Gasteiger partial charge is 0.328 e. The third kappa shape index (κ3) is 4.44. The first-order valence-corrected chi connectivity index (χ1v) is 12.3. The highest BCUT2D eigenvalue weighted by Crippen LogP contribution is 2.24. The topological polar surface area (TPSA) is 92.5 Å². The molecule has 10 heteroatoms. The van der Waals surface area contributed by atoms with Crippen molar-refractivity contribution in [3.05, 3.63) is 99.2 Å². The minimum atomic E-state index is -0.358. The molecule has 0 spiro atoms. The summed E-state index contributed by atoms with van der Waals surface area (Å²) in [6, 6.07) is 20.2. The largest absolute Gasteiger partial charge is 0.332 e. The molecular formula is C25H25N7O2S. The molecule has 0 amide bonds. The number of aromatic nitrogens is 7.